The number of hydrogen-bond acceptors (Lipinski definition) is 8. The Balaban J connectivity index is 1.67. The van der Waals surface area contributed by atoms with Gasteiger partial charge in [0.1, 0.15) is 19.2 Å². The normalized spacial score (nSPS) is 14.8. The quantitative estimate of drug-likeness (QED) is 0.287. The van der Waals surface area contributed by atoms with Gasteiger partial charge in [0.05, 0.1) is 19.2 Å². The Bertz CT molecular complexity index is 1240. The van der Waals surface area contributed by atoms with Gasteiger partial charge in [-0.05, 0) is 48.8 Å². The summed E-state index contributed by atoms with van der Waals surface area (Å²) in [5.74, 6) is -0.523. The van der Waals surface area contributed by atoms with E-state index < -0.39 is 24.1 Å². The summed E-state index contributed by atoms with van der Waals surface area (Å²) in [4.78, 5) is 56.1. The van der Waals surface area contributed by atoms with Crippen LogP contribution >= 0.6 is 0 Å². The summed E-state index contributed by atoms with van der Waals surface area (Å²) >= 11 is 0. The maximum atomic E-state index is 13.7. The van der Waals surface area contributed by atoms with Gasteiger partial charge in [-0.3, -0.25) is 19.3 Å². The first-order valence-corrected chi connectivity index (χ1v) is 15.6. The first-order valence-electron chi connectivity index (χ1n) is 15.6. The number of carbonyl (C=O) groups excluding carboxylic acids is 4. The van der Waals surface area contributed by atoms with Crippen molar-refractivity contribution >= 4 is 29.4 Å². The molecule has 0 fully saturated rings. The summed E-state index contributed by atoms with van der Waals surface area (Å²) in [5, 5.41) is 5.66. The second-order valence-electron chi connectivity index (χ2n) is 12.1. The first kappa shape index (κ1) is 34.6. The average molecular weight is 609 g/mol. The minimum atomic E-state index is -0.845. The number of nitrogens with zero attached hydrogens (tertiary/aromatic N) is 2. The van der Waals surface area contributed by atoms with Crippen LogP contribution in [0, 0.1) is 11.8 Å². The predicted molar refractivity (Wildman–Crippen MR) is 170 cm³/mol. The smallest absolute Gasteiger partial charge is 0.408 e. The Hall–Kier alpha value is -3.92. The van der Waals surface area contributed by atoms with E-state index in [1.54, 1.807) is 6.92 Å². The lowest BCUT2D eigenvalue weighted by molar-refractivity contribution is -0.141. The highest BCUT2D eigenvalue weighted by atomic mass is 16.5. The standard InChI is InChI=1S/C34H48N4O6/c1-6-43-32(40)22-38-17-16-37(20-27-14-10-11-15-30(27)38)21-31(39)28(18-24(2)3)35-33(41)29(19-25(4)5)36-34(42)44-23-26-12-8-7-9-13-26/h7-15,24-25,28-29H,6,16-23H2,1-5H3,(H,35,41)(H,36,42). The molecule has 10 nitrogen and oxygen atoms in total. The molecule has 0 bridgehead atoms. The molecule has 2 amide bonds. The van der Waals surface area contributed by atoms with E-state index >= 15 is 0 Å². The third kappa shape index (κ3) is 11.3. The van der Waals surface area contributed by atoms with Gasteiger partial charge in [-0.1, -0.05) is 76.2 Å². The molecule has 3 rings (SSSR count). The maximum Gasteiger partial charge on any atom is 0.408 e. The highest BCUT2D eigenvalue weighted by Gasteiger charge is 2.30. The molecule has 1 heterocycles. The van der Waals surface area contributed by atoms with Crippen LogP contribution in [0.15, 0.2) is 54.6 Å². The van der Waals surface area contributed by atoms with Gasteiger partial charge < -0.3 is 25.0 Å². The zero-order valence-electron chi connectivity index (χ0n) is 26.7. The number of ketones is 1. The van der Waals surface area contributed by atoms with Crippen molar-refractivity contribution in [3.05, 3.63) is 65.7 Å². The third-order valence-corrected chi connectivity index (χ3v) is 7.36. The molecule has 2 atom stereocenters. The monoisotopic (exact) mass is 608 g/mol. The number of carbonyl (C=O) groups is 4. The molecule has 2 aromatic rings. The number of esters is 1. The summed E-state index contributed by atoms with van der Waals surface area (Å²) in [6, 6.07) is 15.6. The van der Waals surface area contributed by atoms with Crippen molar-refractivity contribution in [2.75, 3.05) is 37.7 Å². The Morgan fingerprint density at radius 3 is 2.14 bits per heavy atom. The van der Waals surface area contributed by atoms with Crippen molar-refractivity contribution in [1.29, 1.82) is 0 Å². The fourth-order valence-corrected chi connectivity index (χ4v) is 5.27. The van der Waals surface area contributed by atoms with Gasteiger partial charge in [0, 0.05) is 25.3 Å². The lowest BCUT2D eigenvalue weighted by atomic mass is 9.98. The second kappa shape index (κ2) is 17.4. The Labute approximate surface area is 261 Å². The number of para-hydroxylation sites is 1. The van der Waals surface area contributed by atoms with Crippen LogP contribution in [0.2, 0.25) is 0 Å². The number of alkyl carbamates (subject to hydrolysis) is 1. The van der Waals surface area contributed by atoms with Crippen molar-refractivity contribution in [3.63, 3.8) is 0 Å². The number of hydrogen-bond donors (Lipinski definition) is 2. The van der Waals surface area contributed by atoms with Crippen LogP contribution in [-0.4, -0.2) is 73.5 Å². The van der Waals surface area contributed by atoms with Gasteiger partial charge in [0.15, 0.2) is 5.78 Å². The van der Waals surface area contributed by atoms with E-state index in [1.165, 1.54) is 0 Å². The molecule has 44 heavy (non-hydrogen) atoms. The number of rotatable bonds is 15. The summed E-state index contributed by atoms with van der Waals surface area (Å²) in [5.41, 5.74) is 2.81. The lowest BCUT2D eigenvalue weighted by Gasteiger charge is -2.27. The van der Waals surface area contributed by atoms with Crippen LogP contribution in [0.3, 0.4) is 0 Å². The zero-order valence-corrected chi connectivity index (χ0v) is 26.7. The number of nitrogens with one attached hydrogen (secondary N) is 2. The number of anilines is 1. The molecule has 2 N–H and O–H groups in total. The molecule has 0 aromatic heterocycles. The SMILES string of the molecule is CCOC(=O)CN1CCN(CC(=O)C(CC(C)C)NC(=O)C(CC(C)C)NC(=O)OCc2ccccc2)Cc2ccccc21. The van der Waals surface area contributed by atoms with E-state index in [2.05, 4.69) is 15.5 Å². The highest BCUT2D eigenvalue weighted by Crippen LogP contribution is 2.25. The summed E-state index contributed by atoms with van der Waals surface area (Å²) in [7, 11) is 0. The zero-order chi connectivity index (χ0) is 32.1. The van der Waals surface area contributed by atoms with E-state index in [-0.39, 0.29) is 43.3 Å². The minimum absolute atomic E-state index is 0.0906. The Morgan fingerprint density at radius 1 is 0.795 bits per heavy atom. The lowest BCUT2D eigenvalue weighted by Crippen LogP contribution is -2.53. The van der Waals surface area contributed by atoms with E-state index in [4.69, 9.17) is 9.47 Å². The van der Waals surface area contributed by atoms with Gasteiger partial charge in [0.25, 0.3) is 0 Å². The van der Waals surface area contributed by atoms with Crippen LogP contribution in [0.25, 0.3) is 0 Å². The third-order valence-electron chi connectivity index (χ3n) is 7.36. The van der Waals surface area contributed by atoms with Gasteiger partial charge in [-0.15, -0.1) is 0 Å². The van der Waals surface area contributed by atoms with Crippen LogP contribution in [0.5, 0.6) is 0 Å². The van der Waals surface area contributed by atoms with Crippen LogP contribution in [-0.2, 0) is 37.0 Å². The van der Waals surface area contributed by atoms with Crippen molar-refractivity contribution in [2.24, 2.45) is 11.8 Å². The number of ether oxygens (including phenoxy) is 2. The van der Waals surface area contributed by atoms with Crippen molar-refractivity contribution in [1.82, 2.24) is 15.5 Å². The molecular weight excluding hydrogens is 560 g/mol. The molecule has 0 radical (unpaired) electrons. The number of fused-ring (bicyclic) bond motifs is 1. The first-order chi connectivity index (χ1) is 21.0. The van der Waals surface area contributed by atoms with Gasteiger partial charge in [0.2, 0.25) is 5.91 Å². The maximum absolute atomic E-state index is 13.7. The van der Waals surface area contributed by atoms with Gasteiger partial charge >= 0.3 is 12.1 Å². The fourth-order valence-electron chi connectivity index (χ4n) is 5.27. The largest absolute Gasteiger partial charge is 0.465 e. The molecule has 2 unspecified atom stereocenters. The number of benzene rings is 2. The molecule has 0 saturated carbocycles. The molecule has 1 aliphatic rings. The summed E-state index contributed by atoms with van der Waals surface area (Å²) in [6.07, 6.45) is 0.183. The molecule has 0 aliphatic carbocycles. The van der Waals surface area contributed by atoms with Crippen LogP contribution < -0.4 is 15.5 Å². The van der Waals surface area contributed by atoms with Crippen LogP contribution in [0.1, 0.15) is 58.6 Å². The fraction of sp³-hybridized carbons (Fsp3) is 0.529. The van der Waals surface area contributed by atoms with E-state index in [1.807, 2.05) is 87.2 Å². The van der Waals surface area contributed by atoms with Gasteiger partial charge in [-0.2, -0.15) is 0 Å². The van der Waals surface area contributed by atoms with Crippen LogP contribution in [0.4, 0.5) is 10.5 Å². The molecular formula is C34H48N4O6. The summed E-state index contributed by atoms with van der Waals surface area (Å²) < 4.78 is 10.5. The Kier molecular flexibility index (Phi) is 13.7. The van der Waals surface area contributed by atoms with Crippen molar-refractivity contribution in [3.8, 4) is 0 Å². The van der Waals surface area contributed by atoms with Crippen molar-refractivity contribution < 1.29 is 28.7 Å². The van der Waals surface area contributed by atoms with E-state index in [0.717, 1.165) is 16.8 Å². The Morgan fingerprint density at radius 2 is 1.45 bits per heavy atom. The molecule has 10 heteroatoms. The molecule has 0 spiro atoms. The van der Waals surface area contributed by atoms with Crippen molar-refractivity contribution in [2.45, 2.75) is 72.7 Å². The van der Waals surface area contributed by atoms with E-state index in [9.17, 15) is 19.2 Å². The molecule has 0 saturated heterocycles. The minimum Gasteiger partial charge on any atom is -0.465 e. The summed E-state index contributed by atoms with van der Waals surface area (Å²) in [6.45, 7) is 12.1. The average Bonchev–Trinajstić information content (AvgIpc) is 3.14. The molecule has 1 aliphatic heterocycles. The van der Waals surface area contributed by atoms with Gasteiger partial charge in [-0.25, -0.2) is 4.79 Å². The molecule has 2 aromatic carbocycles. The topological polar surface area (TPSA) is 117 Å². The highest BCUT2D eigenvalue weighted by molar-refractivity contribution is 5.93. The molecule has 240 valence electrons. The predicted octanol–water partition coefficient (Wildman–Crippen LogP) is 4.31. The number of Topliss-reactive ketones (excluding diaryl/α,β-unsaturated/α-hetero) is 1. The number of amides is 2. The second-order valence-corrected chi connectivity index (χ2v) is 12.1. The van der Waals surface area contributed by atoms with E-state index in [0.29, 0.717) is 39.1 Å².